The van der Waals surface area contributed by atoms with Gasteiger partial charge in [-0.25, -0.2) is 4.63 Å². The van der Waals surface area contributed by atoms with Crippen molar-refractivity contribution in [2.45, 2.75) is 26.4 Å². The van der Waals surface area contributed by atoms with E-state index in [1.807, 2.05) is 23.9 Å². The van der Waals surface area contributed by atoms with E-state index in [0.29, 0.717) is 6.54 Å². The third kappa shape index (κ3) is 2.90. The largest absolute Gasteiger partial charge is 0.311 e. The highest BCUT2D eigenvalue weighted by Gasteiger charge is 2.03. The van der Waals surface area contributed by atoms with Crippen LogP contribution in [0, 0.1) is 6.92 Å². The number of aromatic nitrogens is 4. The Kier molecular flexibility index (Phi) is 3.66. The van der Waals surface area contributed by atoms with Crippen LogP contribution in [0.25, 0.3) is 0 Å². The molecule has 0 aromatic carbocycles. The van der Waals surface area contributed by atoms with Gasteiger partial charge >= 0.3 is 0 Å². The molecule has 6 heteroatoms. The highest BCUT2D eigenvalue weighted by atomic mass is 16.6. The van der Waals surface area contributed by atoms with Crippen molar-refractivity contribution in [1.29, 1.82) is 0 Å². The van der Waals surface area contributed by atoms with Crippen LogP contribution < -0.4 is 5.32 Å². The van der Waals surface area contributed by atoms with E-state index in [4.69, 9.17) is 0 Å². The highest BCUT2D eigenvalue weighted by molar-refractivity contribution is 5.03. The van der Waals surface area contributed by atoms with E-state index < -0.39 is 0 Å². The number of aryl methyl sites for hydroxylation is 2. The van der Waals surface area contributed by atoms with Crippen molar-refractivity contribution < 1.29 is 4.63 Å². The van der Waals surface area contributed by atoms with E-state index >= 15 is 0 Å². The second-order valence-electron chi connectivity index (χ2n) is 3.60. The van der Waals surface area contributed by atoms with Crippen LogP contribution in [-0.4, -0.2) is 26.6 Å². The normalized spacial score (nSPS) is 10.8. The fourth-order valence-electron chi connectivity index (χ4n) is 1.42. The fraction of sp³-hybridized carbons (Fsp3) is 0.500. The van der Waals surface area contributed by atoms with Gasteiger partial charge in [-0.3, -0.25) is 4.68 Å². The van der Waals surface area contributed by atoms with E-state index in [0.717, 1.165) is 30.9 Å². The van der Waals surface area contributed by atoms with Gasteiger partial charge in [0.05, 0.1) is 0 Å². The molecule has 0 fully saturated rings. The van der Waals surface area contributed by atoms with Gasteiger partial charge < -0.3 is 5.32 Å². The lowest BCUT2D eigenvalue weighted by Gasteiger charge is -2.03. The maximum Gasteiger partial charge on any atom is 0.121 e. The summed E-state index contributed by atoms with van der Waals surface area (Å²) in [5, 5.41) is 14.9. The minimum absolute atomic E-state index is 0.703. The van der Waals surface area contributed by atoms with Crippen molar-refractivity contribution in [3.05, 3.63) is 29.8 Å². The zero-order valence-electron chi connectivity index (χ0n) is 9.26. The Hall–Kier alpha value is -1.69. The summed E-state index contributed by atoms with van der Waals surface area (Å²) in [4.78, 5) is 0. The molecule has 0 atom stereocenters. The summed E-state index contributed by atoms with van der Waals surface area (Å²) >= 11 is 0. The van der Waals surface area contributed by atoms with Crippen molar-refractivity contribution in [3.8, 4) is 0 Å². The topological polar surface area (TPSA) is 68.8 Å². The van der Waals surface area contributed by atoms with Crippen molar-refractivity contribution in [1.82, 2.24) is 25.4 Å². The summed E-state index contributed by atoms with van der Waals surface area (Å²) in [7, 11) is 0. The van der Waals surface area contributed by atoms with Gasteiger partial charge in [0.2, 0.25) is 0 Å². The molecule has 6 nitrogen and oxygen atoms in total. The summed E-state index contributed by atoms with van der Waals surface area (Å²) in [5.74, 6) is 0. The molecule has 0 spiro atoms. The molecule has 0 saturated heterocycles. The van der Waals surface area contributed by atoms with E-state index in [1.165, 1.54) is 0 Å². The van der Waals surface area contributed by atoms with Gasteiger partial charge in [0.15, 0.2) is 0 Å². The predicted molar refractivity (Wildman–Crippen MR) is 57.6 cm³/mol. The molecule has 0 bridgehead atoms. The van der Waals surface area contributed by atoms with Gasteiger partial charge in [-0.1, -0.05) is 10.3 Å². The van der Waals surface area contributed by atoms with Crippen molar-refractivity contribution >= 4 is 0 Å². The Bertz CT molecular complexity index is 409. The molecule has 0 unspecified atom stereocenters. The van der Waals surface area contributed by atoms with Crippen molar-refractivity contribution in [2.24, 2.45) is 0 Å². The first-order chi connectivity index (χ1) is 7.86. The lowest BCUT2D eigenvalue weighted by Crippen LogP contribution is -2.17. The quantitative estimate of drug-likeness (QED) is 0.729. The van der Waals surface area contributed by atoms with Crippen LogP contribution in [0.4, 0.5) is 0 Å². The van der Waals surface area contributed by atoms with Crippen LogP contribution in [0.1, 0.15) is 17.8 Å². The first-order valence-electron chi connectivity index (χ1n) is 5.32. The second-order valence-corrected chi connectivity index (χ2v) is 3.60. The molecule has 2 rings (SSSR count). The lowest BCUT2D eigenvalue weighted by atomic mass is 10.3. The first-order valence-corrected chi connectivity index (χ1v) is 5.32. The van der Waals surface area contributed by atoms with Gasteiger partial charge in [0.1, 0.15) is 11.4 Å². The Labute approximate surface area is 93.6 Å². The zero-order valence-corrected chi connectivity index (χ0v) is 9.26. The zero-order chi connectivity index (χ0) is 11.2. The third-order valence-electron chi connectivity index (χ3n) is 2.34. The van der Waals surface area contributed by atoms with Gasteiger partial charge in [-0.2, -0.15) is 5.10 Å². The van der Waals surface area contributed by atoms with Gasteiger partial charge in [-0.05, 0) is 26.0 Å². The maximum atomic E-state index is 4.61. The molecule has 0 saturated carbocycles. The van der Waals surface area contributed by atoms with Crippen LogP contribution in [-0.2, 0) is 13.1 Å². The molecule has 0 amide bonds. The standard InChI is InChI=1S/C10H15N5O/c1-9-10(14-16-13-9)8-11-4-2-6-15-7-3-5-12-15/h3,5,7,11H,2,4,6,8H2,1H3. The van der Waals surface area contributed by atoms with E-state index in [2.05, 4.69) is 25.4 Å². The molecule has 0 radical (unpaired) electrons. The molecule has 2 aromatic heterocycles. The number of hydrogen-bond acceptors (Lipinski definition) is 5. The molecule has 2 heterocycles. The van der Waals surface area contributed by atoms with Crippen LogP contribution in [0.2, 0.25) is 0 Å². The van der Waals surface area contributed by atoms with Gasteiger partial charge in [0.25, 0.3) is 0 Å². The third-order valence-corrected chi connectivity index (χ3v) is 2.34. The molecular formula is C10H15N5O. The monoisotopic (exact) mass is 221 g/mol. The summed E-state index contributed by atoms with van der Waals surface area (Å²) < 4.78 is 6.53. The Morgan fingerprint density at radius 2 is 2.38 bits per heavy atom. The number of rotatable bonds is 6. The highest BCUT2D eigenvalue weighted by Crippen LogP contribution is 1.99. The molecule has 2 aromatic rings. The number of nitrogens with zero attached hydrogens (tertiary/aromatic N) is 4. The van der Waals surface area contributed by atoms with Crippen LogP contribution in [0.3, 0.4) is 0 Å². The predicted octanol–water partition coefficient (Wildman–Crippen LogP) is 0.754. The molecular weight excluding hydrogens is 206 g/mol. The van der Waals surface area contributed by atoms with Crippen molar-refractivity contribution in [3.63, 3.8) is 0 Å². The first kappa shape index (κ1) is 10.8. The van der Waals surface area contributed by atoms with Gasteiger partial charge in [-0.15, -0.1) is 0 Å². The summed E-state index contributed by atoms with van der Waals surface area (Å²) in [6, 6.07) is 1.93. The Morgan fingerprint density at radius 3 is 3.06 bits per heavy atom. The minimum Gasteiger partial charge on any atom is -0.311 e. The minimum atomic E-state index is 0.703. The smallest absolute Gasteiger partial charge is 0.121 e. The molecule has 0 aliphatic carbocycles. The van der Waals surface area contributed by atoms with Crippen LogP contribution >= 0.6 is 0 Å². The summed E-state index contributed by atoms with van der Waals surface area (Å²) in [5.41, 5.74) is 1.72. The average Bonchev–Trinajstić information content (AvgIpc) is 2.90. The molecule has 0 aliphatic rings. The molecule has 16 heavy (non-hydrogen) atoms. The van der Waals surface area contributed by atoms with Crippen LogP contribution in [0.5, 0.6) is 0 Å². The van der Waals surface area contributed by atoms with E-state index in [-0.39, 0.29) is 0 Å². The van der Waals surface area contributed by atoms with Gasteiger partial charge in [0, 0.05) is 25.5 Å². The SMILES string of the molecule is Cc1nonc1CNCCCn1cccn1. The molecule has 0 aliphatic heterocycles. The fourth-order valence-corrected chi connectivity index (χ4v) is 1.42. The Balaban J connectivity index is 1.61. The number of hydrogen-bond donors (Lipinski definition) is 1. The Morgan fingerprint density at radius 1 is 1.44 bits per heavy atom. The second kappa shape index (κ2) is 5.41. The van der Waals surface area contributed by atoms with Crippen LogP contribution in [0.15, 0.2) is 23.1 Å². The molecule has 1 N–H and O–H groups in total. The number of nitrogens with one attached hydrogen (secondary N) is 1. The summed E-state index contributed by atoms with van der Waals surface area (Å²) in [6.07, 6.45) is 4.79. The average molecular weight is 221 g/mol. The maximum absolute atomic E-state index is 4.61. The summed E-state index contributed by atoms with van der Waals surface area (Å²) in [6.45, 7) is 4.44. The van der Waals surface area contributed by atoms with Crippen molar-refractivity contribution in [2.75, 3.05) is 6.54 Å². The van der Waals surface area contributed by atoms with E-state index in [1.54, 1.807) is 6.20 Å². The molecule has 86 valence electrons. The van der Waals surface area contributed by atoms with E-state index in [9.17, 15) is 0 Å². The lowest BCUT2D eigenvalue weighted by molar-refractivity contribution is 0.300.